The molecule has 0 radical (unpaired) electrons. The minimum absolute atomic E-state index is 0.162. The molecule has 0 saturated carbocycles. The molecule has 134 valence electrons. The number of nitrogens with zero attached hydrogens (tertiary/aromatic N) is 1. The van der Waals surface area contributed by atoms with Crippen LogP contribution in [0.4, 0.5) is 0 Å². The van der Waals surface area contributed by atoms with E-state index in [9.17, 15) is 8.42 Å². The average Bonchev–Trinajstić information content (AvgIpc) is 2.91. The summed E-state index contributed by atoms with van der Waals surface area (Å²) in [7, 11) is -2.84. The summed E-state index contributed by atoms with van der Waals surface area (Å²) in [6.07, 6.45) is 0.724. The third-order valence-corrected chi connectivity index (χ3v) is 5.75. The van der Waals surface area contributed by atoms with E-state index < -0.39 is 9.84 Å². The molecule has 0 spiro atoms. The smallest absolute Gasteiger partial charge is 0.191 e. The summed E-state index contributed by atoms with van der Waals surface area (Å²) in [6, 6.07) is 7.86. The summed E-state index contributed by atoms with van der Waals surface area (Å²) in [5.74, 6) is 2.28. The lowest BCUT2D eigenvalue weighted by molar-refractivity contribution is 0.336. The highest BCUT2D eigenvalue weighted by Crippen LogP contribution is 2.19. The zero-order valence-electron chi connectivity index (χ0n) is 14.4. The van der Waals surface area contributed by atoms with Gasteiger partial charge in [0.15, 0.2) is 15.8 Å². The van der Waals surface area contributed by atoms with E-state index in [1.165, 1.54) is 0 Å². The monoisotopic (exact) mass is 353 g/mol. The summed E-state index contributed by atoms with van der Waals surface area (Å²) in [5.41, 5.74) is 1.03. The molecule has 1 fully saturated rings. The van der Waals surface area contributed by atoms with Crippen molar-refractivity contribution in [2.24, 2.45) is 10.9 Å². The fraction of sp³-hybridized carbons (Fsp3) is 0.588. The van der Waals surface area contributed by atoms with Crippen LogP contribution in [-0.4, -0.2) is 45.6 Å². The first-order valence-corrected chi connectivity index (χ1v) is 10.3. The highest BCUT2D eigenvalue weighted by molar-refractivity contribution is 7.91. The first kappa shape index (κ1) is 18.6. The molecule has 1 aromatic carbocycles. The predicted octanol–water partition coefficient (Wildman–Crippen LogP) is 1.58. The van der Waals surface area contributed by atoms with Gasteiger partial charge >= 0.3 is 0 Å². The molecule has 1 aromatic rings. The highest BCUT2D eigenvalue weighted by atomic mass is 32.2. The Balaban J connectivity index is 1.95. The molecule has 1 saturated heterocycles. The van der Waals surface area contributed by atoms with Crippen LogP contribution >= 0.6 is 0 Å². The first-order valence-electron chi connectivity index (χ1n) is 8.47. The van der Waals surface area contributed by atoms with Crippen molar-refractivity contribution in [1.82, 2.24) is 10.6 Å². The number of sulfone groups is 1. The molecule has 1 atom stereocenters. The van der Waals surface area contributed by atoms with Gasteiger partial charge in [0.05, 0.1) is 24.7 Å². The molecule has 0 amide bonds. The van der Waals surface area contributed by atoms with Crippen molar-refractivity contribution in [3.63, 3.8) is 0 Å². The van der Waals surface area contributed by atoms with E-state index in [-0.39, 0.29) is 11.7 Å². The fourth-order valence-corrected chi connectivity index (χ4v) is 4.57. The van der Waals surface area contributed by atoms with Crippen molar-refractivity contribution < 1.29 is 13.2 Å². The number of hydrogen-bond donors (Lipinski definition) is 2. The molecule has 1 heterocycles. The minimum Gasteiger partial charge on any atom is -0.494 e. The minimum atomic E-state index is -2.84. The standard InChI is InChI=1S/C17H27N3O3S/c1-3-18-17(19-11-14-9-10-24(21,22)13-14)20-12-15-7-5-6-8-16(15)23-4-2/h5-8,14H,3-4,9-13H2,1-2H3,(H2,18,19,20). The Bertz CT molecular complexity index is 659. The normalized spacial score (nSPS) is 19.9. The SMILES string of the molecule is CCNC(=NCc1ccccc1OCC)NCC1CCS(=O)(=O)C1. The van der Waals surface area contributed by atoms with Crippen LogP contribution in [0, 0.1) is 5.92 Å². The molecule has 1 aliphatic heterocycles. The summed E-state index contributed by atoms with van der Waals surface area (Å²) in [4.78, 5) is 4.59. The molecule has 0 aliphatic carbocycles. The van der Waals surface area contributed by atoms with Gasteiger partial charge in [0, 0.05) is 18.7 Å². The third kappa shape index (κ3) is 5.70. The third-order valence-electron chi connectivity index (χ3n) is 3.91. The number of para-hydroxylation sites is 1. The molecule has 0 bridgehead atoms. The molecular weight excluding hydrogens is 326 g/mol. The fourth-order valence-electron chi connectivity index (χ4n) is 2.71. The average molecular weight is 353 g/mol. The topological polar surface area (TPSA) is 79.8 Å². The number of guanidine groups is 1. The number of nitrogens with one attached hydrogen (secondary N) is 2. The predicted molar refractivity (Wildman–Crippen MR) is 97.2 cm³/mol. The van der Waals surface area contributed by atoms with Gasteiger partial charge in [-0.3, -0.25) is 0 Å². The van der Waals surface area contributed by atoms with Crippen LogP contribution in [0.5, 0.6) is 5.75 Å². The Labute approximate surface area is 144 Å². The van der Waals surface area contributed by atoms with E-state index in [1.54, 1.807) is 0 Å². The van der Waals surface area contributed by atoms with Crippen molar-refractivity contribution in [2.45, 2.75) is 26.8 Å². The van der Waals surface area contributed by atoms with Crippen LogP contribution in [0.1, 0.15) is 25.8 Å². The van der Waals surface area contributed by atoms with Gasteiger partial charge in [-0.2, -0.15) is 0 Å². The van der Waals surface area contributed by atoms with Gasteiger partial charge in [-0.25, -0.2) is 13.4 Å². The van der Waals surface area contributed by atoms with Crippen molar-refractivity contribution in [1.29, 1.82) is 0 Å². The van der Waals surface area contributed by atoms with E-state index in [4.69, 9.17) is 4.74 Å². The van der Waals surface area contributed by atoms with Gasteiger partial charge in [0.1, 0.15) is 5.75 Å². The van der Waals surface area contributed by atoms with Crippen LogP contribution in [-0.2, 0) is 16.4 Å². The van der Waals surface area contributed by atoms with Crippen LogP contribution < -0.4 is 15.4 Å². The van der Waals surface area contributed by atoms with Gasteiger partial charge in [-0.05, 0) is 32.3 Å². The summed E-state index contributed by atoms with van der Waals surface area (Å²) >= 11 is 0. The maximum atomic E-state index is 11.5. The second-order valence-electron chi connectivity index (χ2n) is 5.89. The maximum absolute atomic E-state index is 11.5. The van der Waals surface area contributed by atoms with Gasteiger partial charge in [-0.1, -0.05) is 18.2 Å². The number of aliphatic imine (C=N–C) groups is 1. The van der Waals surface area contributed by atoms with Crippen molar-refractivity contribution in [2.75, 3.05) is 31.2 Å². The van der Waals surface area contributed by atoms with Crippen LogP contribution in [0.25, 0.3) is 0 Å². The molecule has 0 aromatic heterocycles. The summed E-state index contributed by atoms with van der Waals surface area (Å²) in [5, 5.41) is 6.45. The zero-order valence-corrected chi connectivity index (χ0v) is 15.2. The van der Waals surface area contributed by atoms with Gasteiger partial charge in [0.2, 0.25) is 0 Å². The highest BCUT2D eigenvalue weighted by Gasteiger charge is 2.27. The van der Waals surface area contributed by atoms with Crippen molar-refractivity contribution >= 4 is 15.8 Å². The van der Waals surface area contributed by atoms with Crippen molar-refractivity contribution in [3.05, 3.63) is 29.8 Å². The number of ether oxygens (including phenoxy) is 1. The Morgan fingerprint density at radius 2 is 2.08 bits per heavy atom. The van der Waals surface area contributed by atoms with E-state index in [0.717, 1.165) is 24.3 Å². The van der Waals surface area contributed by atoms with Crippen LogP contribution in [0.3, 0.4) is 0 Å². The Morgan fingerprint density at radius 1 is 1.29 bits per heavy atom. The Hall–Kier alpha value is -1.76. The van der Waals surface area contributed by atoms with E-state index in [0.29, 0.717) is 31.4 Å². The Kier molecular flexibility index (Phi) is 6.90. The van der Waals surface area contributed by atoms with E-state index >= 15 is 0 Å². The zero-order chi connectivity index (χ0) is 17.4. The lowest BCUT2D eigenvalue weighted by Gasteiger charge is -2.15. The molecule has 2 N–H and O–H groups in total. The number of benzene rings is 1. The summed E-state index contributed by atoms with van der Waals surface area (Å²) in [6.45, 7) is 6.47. The molecule has 2 rings (SSSR count). The van der Waals surface area contributed by atoms with Crippen LogP contribution in [0.2, 0.25) is 0 Å². The number of rotatable bonds is 7. The van der Waals surface area contributed by atoms with E-state index in [1.807, 2.05) is 38.1 Å². The molecule has 24 heavy (non-hydrogen) atoms. The molecule has 1 unspecified atom stereocenters. The Morgan fingerprint density at radius 3 is 2.75 bits per heavy atom. The van der Waals surface area contributed by atoms with Gasteiger partial charge < -0.3 is 15.4 Å². The number of hydrogen-bond acceptors (Lipinski definition) is 4. The molecule has 1 aliphatic rings. The maximum Gasteiger partial charge on any atom is 0.191 e. The quantitative estimate of drug-likeness (QED) is 0.575. The molecule has 6 nitrogen and oxygen atoms in total. The summed E-state index contributed by atoms with van der Waals surface area (Å²) < 4.78 is 28.7. The van der Waals surface area contributed by atoms with E-state index in [2.05, 4.69) is 15.6 Å². The molecular formula is C17H27N3O3S. The molecule has 7 heteroatoms. The lowest BCUT2D eigenvalue weighted by Crippen LogP contribution is -2.40. The second-order valence-corrected chi connectivity index (χ2v) is 8.11. The largest absolute Gasteiger partial charge is 0.494 e. The van der Waals surface area contributed by atoms with Gasteiger partial charge in [-0.15, -0.1) is 0 Å². The first-order chi connectivity index (χ1) is 11.5. The second kappa shape index (κ2) is 8.92. The van der Waals surface area contributed by atoms with Crippen LogP contribution in [0.15, 0.2) is 29.3 Å². The van der Waals surface area contributed by atoms with Crippen molar-refractivity contribution in [3.8, 4) is 5.75 Å². The lowest BCUT2D eigenvalue weighted by atomic mass is 10.1. The van der Waals surface area contributed by atoms with Gasteiger partial charge in [0.25, 0.3) is 0 Å².